The van der Waals surface area contributed by atoms with Crippen molar-refractivity contribution in [2.45, 2.75) is 24.7 Å². The zero-order valence-corrected chi connectivity index (χ0v) is 23.1. The third-order valence-corrected chi connectivity index (χ3v) is 8.39. The second-order valence-electron chi connectivity index (χ2n) is 8.26. The Morgan fingerprint density at radius 1 is 1.03 bits per heavy atom. The minimum absolute atomic E-state index is 0.00398. The van der Waals surface area contributed by atoms with E-state index in [0.29, 0.717) is 5.56 Å². The highest BCUT2D eigenvalue weighted by molar-refractivity contribution is 7.89. The Labute approximate surface area is 227 Å². The van der Waals surface area contributed by atoms with Crippen LogP contribution < -0.4 is 15.4 Å². The molecule has 1 atom stereocenters. The predicted octanol–water partition coefficient (Wildman–Crippen LogP) is 2.62. The molecule has 206 valence electrons. The van der Waals surface area contributed by atoms with Crippen LogP contribution in [0.4, 0.5) is 5.69 Å². The highest BCUT2D eigenvalue weighted by Crippen LogP contribution is 2.45. The molecule has 0 fully saturated rings. The highest BCUT2D eigenvalue weighted by Gasteiger charge is 2.44. The molecular weight excluding hydrogens is 524 g/mol. The maximum atomic E-state index is 13.4. The van der Waals surface area contributed by atoms with Gasteiger partial charge < -0.3 is 19.9 Å². The molecule has 3 rings (SSSR count). The molecule has 0 saturated heterocycles. The SMILES string of the molecule is CCN(CC)S(=O)(=O)c1ccc(OC)c(N2C(N)=C(C#N)C(c3ccccc3)C(C(=O)OC)=C2C(=O)OC)c1. The van der Waals surface area contributed by atoms with Gasteiger partial charge >= 0.3 is 11.9 Å². The molecule has 0 radical (unpaired) electrons. The first kappa shape index (κ1) is 29.2. The first-order chi connectivity index (χ1) is 18.6. The van der Waals surface area contributed by atoms with Gasteiger partial charge in [0.1, 0.15) is 17.3 Å². The minimum Gasteiger partial charge on any atom is -0.495 e. The van der Waals surface area contributed by atoms with Crippen molar-refractivity contribution in [3.63, 3.8) is 0 Å². The summed E-state index contributed by atoms with van der Waals surface area (Å²) in [4.78, 5) is 27.6. The molecule has 0 saturated carbocycles. The second-order valence-corrected chi connectivity index (χ2v) is 10.2. The lowest BCUT2D eigenvalue weighted by atomic mass is 9.81. The summed E-state index contributed by atoms with van der Waals surface area (Å²) in [5, 5.41) is 10.2. The van der Waals surface area contributed by atoms with E-state index < -0.39 is 27.9 Å². The molecule has 12 heteroatoms. The molecule has 1 aliphatic rings. The Kier molecular flexibility index (Phi) is 9.00. The van der Waals surface area contributed by atoms with Crippen LogP contribution in [0.5, 0.6) is 5.75 Å². The van der Waals surface area contributed by atoms with Crippen LogP contribution >= 0.6 is 0 Å². The van der Waals surface area contributed by atoms with Gasteiger partial charge in [-0.3, -0.25) is 4.90 Å². The quantitative estimate of drug-likeness (QED) is 0.458. The smallest absolute Gasteiger partial charge is 0.355 e. The number of hydrogen-bond acceptors (Lipinski definition) is 10. The van der Waals surface area contributed by atoms with Gasteiger partial charge in [0.25, 0.3) is 0 Å². The van der Waals surface area contributed by atoms with E-state index in [0.717, 1.165) is 19.1 Å². The predicted molar refractivity (Wildman–Crippen MR) is 143 cm³/mol. The minimum atomic E-state index is -3.95. The molecule has 2 aromatic rings. The average molecular weight is 555 g/mol. The van der Waals surface area contributed by atoms with E-state index in [4.69, 9.17) is 19.9 Å². The standard InChI is InChI=1S/C27H30N4O7S/c1-6-30(7-2)39(34,35)18-13-14-21(36-3)20(15-18)31-24(27(33)38-5)23(26(32)37-4)22(19(16-28)25(31)29)17-11-9-8-10-12-17/h8-15,22H,6-7,29H2,1-5H3. The van der Waals surface area contributed by atoms with Crippen LogP contribution in [0.1, 0.15) is 25.3 Å². The topological polar surface area (TPSA) is 152 Å². The molecule has 39 heavy (non-hydrogen) atoms. The number of benzene rings is 2. The Bertz CT molecular complexity index is 1470. The first-order valence-electron chi connectivity index (χ1n) is 12.0. The fourth-order valence-corrected chi connectivity index (χ4v) is 5.96. The average Bonchev–Trinajstić information content (AvgIpc) is 2.96. The summed E-state index contributed by atoms with van der Waals surface area (Å²) >= 11 is 0. The molecule has 2 aromatic carbocycles. The number of nitriles is 1. The van der Waals surface area contributed by atoms with Crippen LogP contribution in [-0.2, 0) is 29.1 Å². The molecule has 0 amide bonds. The number of nitrogens with two attached hydrogens (primary N) is 1. The van der Waals surface area contributed by atoms with Crippen molar-refractivity contribution in [3.8, 4) is 11.8 Å². The third kappa shape index (κ3) is 5.19. The van der Waals surface area contributed by atoms with Crippen molar-refractivity contribution in [2.24, 2.45) is 5.73 Å². The number of methoxy groups -OCH3 is 3. The van der Waals surface area contributed by atoms with E-state index in [2.05, 4.69) is 6.07 Å². The summed E-state index contributed by atoms with van der Waals surface area (Å²) in [5.41, 5.74) is 6.44. The van der Waals surface area contributed by atoms with E-state index >= 15 is 0 Å². The third-order valence-electron chi connectivity index (χ3n) is 6.34. The Morgan fingerprint density at radius 2 is 1.64 bits per heavy atom. The zero-order valence-electron chi connectivity index (χ0n) is 22.3. The number of allylic oxidation sites excluding steroid dienone is 1. The van der Waals surface area contributed by atoms with E-state index in [-0.39, 0.29) is 52.1 Å². The Morgan fingerprint density at radius 3 is 2.15 bits per heavy atom. The van der Waals surface area contributed by atoms with Gasteiger partial charge in [0.15, 0.2) is 0 Å². The fraction of sp³-hybridized carbons (Fsp3) is 0.296. The molecule has 0 bridgehead atoms. The van der Waals surface area contributed by atoms with Gasteiger partial charge in [0.05, 0.1) is 55.0 Å². The number of sulfonamides is 1. The van der Waals surface area contributed by atoms with Gasteiger partial charge in [0, 0.05) is 13.1 Å². The second kappa shape index (κ2) is 12.0. The fourth-order valence-electron chi connectivity index (χ4n) is 4.48. The summed E-state index contributed by atoms with van der Waals surface area (Å²) in [6.45, 7) is 3.87. The number of hydrogen-bond donors (Lipinski definition) is 1. The van der Waals surface area contributed by atoms with Crippen LogP contribution in [0.2, 0.25) is 0 Å². The lowest BCUT2D eigenvalue weighted by molar-refractivity contribution is -0.139. The molecule has 11 nitrogen and oxygen atoms in total. The molecule has 0 aromatic heterocycles. The van der Waals surface area contributed by atoms with E-state index in [1.807, 2.05) is 0 Å². The Balaban J connectivity index is 2.47. The molecule has 0 spiro atoms. The number of carbonyl (C=O) groups is 2. The monoisotopic (exact) mass is 554 g/mol. The van der Waals surface area contributed by atoms with Crippen LogP contribution in [0.15, 0.2) is 76.1 Å². The van der Waals surface area contributed by atoms with Crippen molar-refractivity contribution >= 4 is 27.6 Å². The van der Waals surface area contributed by atoms with E-state index in [1.165, 1.54) is 29.6 Å². The number of nitrogens with zero attached hydrogens (tertiary/aromatic N) is 3. The van der Waals surface area contributed by atoms with Gasteiger partial charge in [-0.25, -0.2) is 18.0 Å². The molecule has 1 heterocycles. The summed E-state index contributed by atoms with van der Waals surface area (Å²) in [6, 6.07) is 14.6. The number of esters is 2. The lowest BCUT2D eigenvalue weighted by Gasteiger charge is -2.36. The van der Waals surface area contributed by atoms with Crippen LogP contribution in [-0.4, -0.2) is 59.1 Å². The normalized spacial score (nSPS) is 15.7. The molecule has 0 aliphatic carbocycles. The highest BCUT2D eigenvalue weighted by atomic mass is 32.2. The first-order valence-corrected chi connectivity index (χ1v) is 13.4. The van der Waals surface area contributed by atoms with Crippen LogP contribution in [0.3, 0.4) is 0 Å². The van der Waals surface area contributed by atoms with Crippen molar-refractivity contribution in [3.05, 3.63) is 76.8 Å². The van der Waals surface area contributed by atoms with Gasteiger partial charge in [0.2, 0.25) is 10.0 Å². The zero-order chi connectivity index (χ0) is 28.9. The maximum absolute atomic E-state index is 13.4. The van der Waals surface area contributed by atoms with Gasteiger partial charge in [-0.15, -0.1) is 0 Å². The summed E-state index contributed by atoms with van der Waals surface area (Å²) in [7, 11) is -0.337. The van der Waals surface area contributed by atoms with Crippen LogP contribution in [0.25, 0.3) is 0 Å². The summed E-state index contributed by atoms with van der Waals surface area (Å²) in [5.74, 6) is -3.02. The molecule has 2 N–H and O–H groups in total. The van der Waals surface area contributed by atoms with Gasteiger partial charge in [-0.05, 0) is 23.8 Å². The summed E-state index contributed by atoms with van der Waals surface area (Å²) < 4.78 is 43.5. The van der Waals surface area contributed by atoms with E-state index in [1.54, 1.807) is 44.2 Å². The molecule has 1 unspecified atom stereocenters. The number of ether oxygens (including phenoxy) is 3. The van der Waals surface area contributed by atoms with Gasteiger partial charge in [-0.2, -0.15) is 9.57 Å². The lowest BCUT2D eigenvalue weighted by Crippen LogP contribution is -2.41. The van der Waals surface area contributed by atoms with Crippen molar-refractivity contribution in [1.29, 1.82) is 5.26 Å². The molecule has 1 aliphatic heterocycles. The van der Waals surface area contributed by atoms with Crippen molar-refractivity contribution in [2.75, 3.05) is 39.3 Å². The van der Waals surface area contributed by atoms with Gasteiger partial charge in [-0.1, -0.05) is 44.2 Å². The van der Waals surface area contributed by atoms with Crippen molar-refractivity contribution in [1.82, 2.24) is 4.31 Å². The van der Waals surface area contributed by atoms with E-state index in [9.17, 15) is 23.3 Å². The number of carbonyl (C=O) groups excluding carboxylic acids is 2. The number of rotatable bonds is 9. The van der Waals surface area contributed by atoms with Crippen molar-refractivity contribution < 1.29 is 32.2 Å². The maximum Gasteiger partial charge on any atom is 0.355 e. The number of anilines is 1. The van der Waals surface area contributed by atoms with Crippen LogP contribution in [0, 0.1) is 11.3 Å². The Hall–Kier alpha value is -4.34. The summed E-state index contributed by atoms with van der Waals surface area (Å²) in [6.07, 6.45) is 0. The molecular formula is C27H30N4O7S. The largest absolute Gasteiger partial charge is 0.495 e.